The van der Waals surface area contributed by atoms with E-state index in [1.54, 1.807) is 11.0 Å². The molecule has 1 N–H and O–H groups in total. The quantitative estimate of drug-likeness (QED) is 0.384. The second-order valence-corrected chi connectivity index (χ2v) is 9.82. The van der Waals surface area contributed by atoms with Crippen molar-refractivity contribution < 1.29 is 14.3 Å². The zero-order chi connectivity index (χ0) is 25.3. The fourth-order valence-corrected chi connectivity index (χ4v) is 4.79. The molecular formula is C30H33ClN2O3. The van der Waals surface area contributed by atoms with Crippen molar-refractivity contribution >= 4 is 23.4 Å². The third kappa shape index (κ3) is 7.11. The third-order valence-corrected chi connectivity index (χ3v) is 7.02. The highest BCUT2D eigenvalue weighted by molar-refractivity contribution is 6.31. The summed E-state index contributed by atoms with van der Waals surface area (Å²) in [5.41, 5.74) is 2.88. The van der Waals surface area contributed by atoms with E-state index in [4.69, 9.17) is 16.3 Å². The maximum Gasteiger partial charge on any atom is 0.261 e. The van der Waals surface area contributed by atoms with Crippen LogP contribution in [0.1, 0.15) is 42.4 Å². The van der Waals surface area contributed by atoms with Crippen LogP contribution in [0.5, 0.6) is 5.75 Å². The van der Waals surface area contributed by atoms with Gasteiger partial charge in [-0.25, -0.2) is 0 Å². The normalized spacial score (nSPS) is 14.3. The second-order valence-electron chi connectivity index (χ2n) is 9.41. The lowest BCUT2D eigenvalue weighted by molar-refractivity contribution is -0.143. The van der Waals surface area contributed by atoms with Crippen molar-refractivity contribution in [1.29, 1.82) is 0 Å². The molecule has 1 atom stereocenters. The number of nitrogens with zero attached hydrogens (tertiary/aromatic N) is 1. The monoisotopic (exact) mass is 504 g/mol. The van der Waals surface area contributed by atoms with Gasteiger partial charge in [-0.15, -0.1) is 0 Å². The number of hydrogen-bond acceptors (Lipinski definition) is 3. The SMILES string of the molecule is Cc1ccc(OCC(=O)N(Cc2ccccc2Cl)[C@@H](Cc2ccccc2)C(=O)NC2CCCC2)cc1. The van der Waals surface area contributed by atoms with Gasteiger partial charge in [0.25, 0.3) is 5.91 Å². The number of carbonyl (C=O) groups excluding carboxylic acids is 2. The Balaban J connectivity index is 1.61. The lowest BCUT2D eigenvalue weighted by Gasteiger charge is -2.32. The molecule has 0 heterocycles. The number of ether oxygens (including phenoxy) is 1. The Bertz CT molecular complexity index is 1140. The second kappa shape index (κ2) is 12.6. The molecule has 188 valence electrons. The van der Waals surface area contributed by atoms with Crippen molar-refractivity contribution in [2.45, 2.75) is 57.7 Å². The summed E-state index contributed by atoms with van der Waals surface area (Å²) in [6, 6.07) is 24.2. The number of carbonyl (C=O) groups is 2. The Hall–Kier alpha value is -3.31. The van der Waals surface area contributed by atoms with E-state index in [2.05, 4.69) is 5.32 Å². The van der Waals surface area contributed by atoms with Gasteiger partial charge in [-0.2, -0.15) is 0 Å². The van der Waals surface area contributed by atoms with Crippen molar-refractivity contribution in [3.63, 3.8) is 0 Å². The predicted octanol–water partition coefficient (Wildman–Crippen LogP) is 5.73. The van der Waals surface area contributed by atoms with Crippen molar-refractivity contribution in [3.8, 4) is 5.75 Å². The average molecular weight is 505 g/mol. The Morgan fingerprint density at radius 3 is 2.33 bits per heavy atom. The van der Waals surface area contributed by atoms with Gasteiger partial charge in [0.1, 0.15) is 11.8 Å². The van der Waals surface area contributed by atoms with Gasteiger partial charge in [0, 0.05) is 24.0 Å². The number of halogens is 1. The molecule has 0 radical (unpaired) electrons. The number of aryl methyl sites for hydroxylation is 1. The molecule has 0 aliphatic heterocycles. The molecule has 3 aromatic carbocycles. The van der Waals surface area contributed by atoms with Crippen LogP contribution >= 0.6 is 11.6 Å². The summed E-state index contributed by atoms with van der Waals surface area (Å²) in [7, 11) is 0. The Kier molecular flexibility index (Phi) is 9.01. The smallest absolute Gasteiger partial charge is 0.261 e. The van der Waals surface area contributed by atoms with Gasteiger partial charge in [0.2, 0.25) is 5.91 Å². The molecule has 36 heavy (non-hydrogen) atoms. The van der Waals surface area contributed by atoms with Crippen LogP contribution in [0, 0.1) is 6.92 Å². The van der Waals surface area contributed by atoms with E-state index in [0.29, 0.717) is 17.2 Å². The summed E-state index contributed by atoms with van der Waals surface area (Å²) < 4.78 is 5.83. The highest BCUT2D eigenvalue weighted by Crippen LogP contribution is 2.23. The van der Waals surface area contributed by atoms with Crippen molar-refractivity contribution in [2.75, 3.05) is 6.61 Å². The van der Waals surface area contributed by atoms with E-state index in [1.807, 2.05) is 79.7 Å². The third-order valence-electron chi connectivity index (χ3n) is 6.65. The molecule has 0 bridgehead atoms. The molecule has 5 nitrogen and oxygen atoms in total. The van der Waals surface area contributed by atoms with Gasteiger partial charge in [-0.3, -0.25) is 9.59 Å². The molecular weight excluding hydrogens is 472 g/mol. The first-order chi connectivity index (χ1) is 17.5. The maximum absolute atomic E-state index is 13.7. The average Bonchev–Trinajstić information content (AvgIpc) is 3.40. The van der Waals surface area contributed by atoms with Crippen LogP contribution in [0.3, 0.4) is 0 Å². The summed E-state index contributed by atoms with van der Waals surface area (Å²) in [6.45, 7) is 2.04. The van der Waals surface area contributed by atoms with Crippen molar-refractivity contribution in [1.82, 2.24) is 10.2 Å². The molecule has 0 spiro atoms. The molecule has 6 heteroatoms. The number of amides is 2. The van der Waals surface area contributed by atoms with Gasteiger partial charge in [0.15, 0.2) is 6.61 Å². The summed E-state index contributed by atoms with van der Waals surface area (Å²) in [5, 5.41) is 3.77. The fourth-order valence-electron chi connectivity index (χ4n) is 4.59. The number of nitrogens with one attached hydrogen (secondary N) is 1. The summed E-state index contributed by atoms with van der Waals surface area (Å²) in [4.78, 5) is 28.9. The lowest BCUT2D eigenvalue weighted by atomic mass is 10.0. The van der Waals surface area contributed by atoms with Crippen LogP contribution in [0.2, 0.25) is 5.02 Å². The first-order valence-corrected chi connectivity index (χ1v) is 12.9. The van der Waals surface area contributed by atoms with Crippen LogP contribution in [-0.4, -0.2) is 35.4 Å². The van der Waals surface area contributed by atoms with E-state index in [9.17, 15) is 9.59 Å². The predicted molar refractivity (Wildman–Crippen MR) is 143 cm³/mol. The molecule has 1 fully saturated rings. The fraction of sp³-hybridized carbons (Fsp3) is 0.333. The van der Waals surface area contributed by atoms with Crippen LogP contribution in [0.15, 0.2) is 78.9 Å². The minimum absolute atomic E-state index is 0.138. The van der Waals surface area contributed by atoms with Crippen molar-refractivity contribution in [3.05, 3.63) is 101 Å². The van der Waals surface area contributed by atoms with Gasteiger partial charge in [0.05, 0.1) is 0 Å². The number of rotatable bonds is 10. The largest absolute Gasteiger partial charge is 0.484 e. The van der Waals surface area contributed by atoms with Gasteiger partial charge < -0.3 is 15.0 Å². The van der Waals surface area contributed by atoms with Gasteiger partial charge >= 0.3 is 0 Å². The first-order valence-electron chi connectivity index (χ1n) is 12.6. The molecule has 4 rings (SSSR count). The first kappa shape index (κ1) is 25.8. The standard InChI is InChI=1S/C30H33ClN2O3/c1-22-15-17-26(18-16-22)36-21-29(34)33(20-24-11-5-8-14-27(24)31)28(19-23-9-3-2-4-10-23)30(35)32-25-12-6-7-13-25/h2-5,8-11,14-18,25,28H,6-7,12-13,19-21H2,1H3,(H,32,35)/t28-/m0/s1. The topological polar surface area (TPSA) is 58.6 Å². The minimum Gasteiger partial charge on any atom is -0.484 e. The Labute approximate surface area is 218 Å². The number of benzene rings is 3. The molecule has 1 aliphatic rings. The highest BCUT2D eigenvalue weighted by Gasteiger charge is 2.32. The zero-order valence-corrected chi connectivity index (χ0v) is 21.4. The van der Waals surface area contributed by atoms with Crippen LogP contribution in [0.4, 0.5) is 0 Å². The Morgan fingerprint density at radius 2 is 1.64 bits per heavy atom. The maximum atomic E-state index is 13.7. The number of hydrogen-bond donors (Lipinski definition) is 1. The molecule has 0 unspecified atom stereocenters. The van der Waals surface area contributed by atoms with E-state index in [0.717, 1.165) is 42.4 Å². The Morgan fingerprint density at radius 1 is 0.972 bits per heavy atom. The molecule has 2 amide bonds. The zero-order valence-electron chi connectivity index (χ0n) is 20.7. The lowest BCUT2D eigenvalue weighted by Crippen LogP contribution is -2.53. The van der Waals surface area contributed by atoms with Crippen LogP contribution < -0.4 is 10.1 Å². The summed E-state index contributed by atoms with van der Waals surface area (Å²) in [5.74, 6) is 0.209. The molecule has 0 saturated heterocycles. The highest BCUT2D eigenvalue weighted by atomic mass is 35.5. The van der Waals surface area contributed by atoms with E-state index in [1.165, 1.54) is 0 Å². The van der Waals surface area contributed by atoms with Gasteiger partial charge in [-0.1, -0.05) is 90.7 Å². The van der Waals surface area contributed by atoms with E-state index in [-0.39, 0.29) is 31.0 Å². The van der Waals surface area contributed by atoms with Crippen LogP contribution in [0.25, 0.3) is 0 Å². The van der Waals surface area contributed by atoms with Gasteiger partial charge in [-0.05, 0) is 49.1 Å². The molecule has 1 saturated carbocycles. The molecule has 0 aromatic heterocycles. The molecule has 3 aromatic rings. The minimum atomic E-state index is -0.696. The van der Waals surface area contributed by atoms with E-state index >= 15 is 0 Å². The van der Waals surface area contributed by atoms with Crippen LogP contribution in [-0.2, 0) is 22.6 Å². The van der Waals surface area contributed by atoms with Crippen molar-refractivity contribution in [2.24, 2.45) is 0 Å². The molecule has 1 aliphatic carbocycles. The summed E-state index contributed by atoms with van der Waals surface area (Å²) >= 11 is 6.47. The van der Waals surface area contributed by atoms with E-state index < -0.39 is 6.04 Å². The summed E-state index contributed by atoms with van der Waals surface area (Å²) in [6.07, 6.45) is 4.57.